The maximum absolute atomic E-state index is 12.1. The minimum Gasteiger partial charge on any atom is -0.447 e. The van der Waals surface area contributed by atoms with Gasteiger partial charge >= 0.3 is 5.51 Å². The van der Waals surface area contributed by atoms with Gasteiger partial charge in [0.25, 0.3) is 11.9 Å². The highest BCUT2D eigenvalue weighted by Crippen LogP contribution is 2.37. The molecule has 0 saturated heterocycles. The average Bonchev–Trinajstić information content (AvgIpc) is 2.57. The third-order valence-corrected chi connectivity index (χ3v) is 2.84. The molecule has 0 saturated carbocycles. The number of amidine groups is 1. The molecule has 1 aromatic rings. The van der Waals surface area contributed by atoms with Crippen LogP contribution in [0.25, 0.3) is 0 Å². The van der Waals surface area contributed by atoms with E-state index >= 15 is 0 Å². The fraction of sp³-hybridized carbons (Fsp3) is 0.200. The number of hydrogen-bond donors (Lipinski definition) is 1. The van der Waals surface area contributed by atoms with Crippen LogP contribution in [0.5, 0.6) is 0 Å². The summed E-state index contributed by atoms with van der Waals surface area (Å²) >= 11 is -0.226. The van der Waals surface area contributed by atoms with Gasteiger partial charge in [-0.25, -0.2) is 0 Å². The third kappa shape index (κ3) is 2.95. The summed E-state index contributed by atoms with van der Waals surface area (Å²) < 4.78 is 41.3. The van der Waals surface area contributed by atoms with Crippen molar-refractivity contribution < 1.29 is 22.7 Å². The number of halogens is 3. The molecular formula is C10H7F3N2O2S. The predicted octanol–water partition coefficient (Wildman–Crippen LogP) is 2.21. The van der Waals surface area contributed by atoms with E-state index in [1.807, 2.05) is 0 Å². The van der Waals surface area contributed by atoms with Gasteiger partial charge in [0, 0.05) is 10.5 Å². The van der Waals surface area contributed by atoms with Gasteiger partial charge in [-0.05, 0) is 23.9 Å². The van der Waals surface area contributed by atoms with E-state index in [1.54, 1.807) is 0 Å². The van der Waals surface area contributed by atoms with Crippen LogP contribution in [0.1, 0.15) is 11.7 Å². The molecule has 1 unspecified atom stereocenters. The van der Waals surface area contributed by atoms with E-state index in [1.165, 1.54) is 24.3 Å². The van der Waals surface area contributed by atoms with Crippen molar-refractivity contribution in [3.63, 3.8) is 0 Å². The van der Waals surface area contributed by atoms with Gasteiger partial charge in [0.2, 0.25) is 6.10 Å². The highest BCUT2D eigenvalue weighted by molar-refractivity contribution is 8.00. The summed E-state index contributed by atoms with van der Waals surface area (Å²) in [5, 5.41) is 0. The normalized spacial score (nSPS) is 19.6. The SMILES string of the molecule is NC1=NC(=O)C(c2ccc(SC(F)(F)F)cc2)O1. The molecule has 1 atom stereocenters. The number of rotatable bonds is 2. The van der Waals surface area contributed by atoms with E-state index < -0.39 is 17.5 Å². The molecule has 0 bridgehead atoms. The van der Waals surface area contributed by atoms with Gasteiger partial charge in [0.1, 0.15) is 0 Å². The summed E-state index contributed by atoms with van der Waals surface area (Å²) in [5.41, 5.74) is 1.29. The molecule has 1 aliphatic heterocycles. The van der Waals surface area contributed by atoms with E-state index in [9.17, 15) is 18.0 Å². The largest absolute Gasteiger partial charge is 0.447 e. The van der Waals surface area contributed by atoms with Crippen molar-refractivity contribution in [3.05, 3.63) is 29.8 Å². The van der Waals surface area contributed by atoms with Gasteiger partial charge in [-0.3, -0.25) is 4.79 Å². The van der Waals surface area contributed by atoms with Gasteiger partial charge in [0.05, 0.1) is 0 Å². The Balaban J connectivity index is 2.12. The van der Waals surface area contributed by atoms with Crippen molar-refractivity contribution in [1.29, 1.82) is 0 Å². The Kier molecular flexibility index (Phi) is 3.20. The lowest BCUT2D eigenvalue weighted by molar-refractivity contribution is -0.122. The molecule has 0 fully saturated rings. The van der Waals surface area contributed by atoms with Crippen LogP contribution >= 0.6 is 11.8 Å². The molecule has 96 valence electrons. The molecule has 4 nitrogen and oxygen atoms in total. The Bertz CT molecular complexity index is 499. The number of ether oxygens (including phenoxy) is 1. The summed E-state index contributed by atoms with van der Waals surface area (Å²) in [7, 11) is 0. The first-order valence-corrected chi connectivity index (χ1v) is 5.57. The van der Waals surface area contributed by atoms with Crippen molar-refractivity contribution in [2.24, 2.45) is 10.7 Å². The van der Waals surface area contributed by atoms with E-state index in [4.69, 9.17) is 10.5 Å². The summed E-state index contributed by atoms with van der Waals surface area (Å²) in [6.45, 7) is 0. The van der Waals surface area contributed by atoms with Gasteiger partial charge in [0.15, 0.2) is 0 Å². The smallest absolute Gasteiger partial charge is 0.446 e. The molecule has 0 aromatic heterocycles. The van der Waals surface area contributed by atoms with Crippen LogP contribution in [-0.4, -0.2) is 17.4 Å². The van der Waals surface area contributed by atoms with E-state index in [2.05, 4.69) is 4.99 Å². The summed E-state index contributed by atoms with van der Waals surface area (Å²) in [6, 6.07) is 5.05. The topological polar surface area (TPSA) is 64.7 Å². The number of thioether (sulfide) groups is 1. The predicted molar refractivity (Wildman–Crippen MR) is 58.8 cm³/mol. The molecule has 0 aliphatic carbocycles. The van der Waals surface area contributed by atoms with Crippen molar-refractivity contribution >= 4 is 23.7 Å². The van der Waals surface area contributed by atoms with Crippen LogP contribution in [0.2, 0.25) is 0 Å². The molecule has 2 rings (SSSR count). The van der Waals surface area contributed by atoms with Crippen molar-refractivity contribution in [1.82, 2.24) is 0 Å². The van der Waals surface area contributed by atoms with Crippen LogP contribution in [0.3, 0.4) is 0 Å². The van der Waals surface area contributed by atoms with Gasteiger partial charge in [-0.2, -0.15) is 18.2 Å². The van der Waals surface area contributed by atoms with Gasteiger partial charge in [-0.15, -0.1) is 0 Å². The maximum atomic E-state index is 12.1. The quantitative estimate of drug-likeness (QED) is 0.841. The lowest BCUT2D eigenvalue weighted by Crippen LogP contribution is -2.13. The number of carbonyl (C=O) groups excluding carboxylic acids is 1. The van der Waals surface area contributed by atoms with E-state index in [0.717, 1.165) is 0 Å². The fourth-order valence-corrected chi connectivity index (χ4v) is 1.96. The Morgan fingerprint density at radius 2 is 1.89 bits per heavy atom. The second-order valence-corrected chi connectivity index (χ2v) is 4.54. The van der Waals surface area contributed by atoms with Crippen LogP contribution in [0.15, 0.2) is 34.2 Å². The Morgan fingerprint density at radius 1 is 1.28 bits per heavy atom. The summed E-state index contributed by atoms with van der Waals surface area (Å²) in [6.07, 6.45) is -0.963. The minimum atomic E-state index is -4.34. The highest BCUT2D eigenvalue weighted by Gasteiger charge is 2.31. The second kappa shape index (κ2) is 4.52. The molecule has 2 N–H and O–H groups in total. The molecule has 1 heterocycles. The van der Waals surface area contributed by atoms with E-state index in [0.29, 0.717) is 5.56 Å². The Labute approximate surface area is 104 Å². The van der Waals surface area contributed by atoms with Gasteiger partial charge < -0.3 is 10.5 Å². The molecule has 1 aromatic carbocycles. The summed E-state index contributed by atoms with van der Waals surface area (Å²) in [4.78, 5) is 14.7. The van der Waals surface area contributed by atoms with Crippen LogP contribution in [0.4, 0.5) is 13.2 Å². The number of nitrogens with zero attached hydrogens (tertiary/aromatic N) is 1. The zero-order valence-corrected chi connectivity index (χ0v) is 9.59. The first-order valence-electron chi connectivity index (χ1n) is 4.75. The number of alkyl halides is 3. The number of nitrogens with two attached hydrogens (primary N) is 1. The van der Waals surface area contributed by atoms with Crippen molar-refractivity contribution in [3.8, 4) is 0 Å². The Hall–Kier alpha value is -1.70. The number of benzene rings is 1. The standard InChI is InChI=1S/C10H7F3N2O2S/c11-10(12,13)18-6-3-1-5(2-4-6)7-8(16)15-9(14)17-7/h1-4,7H,(H2,14,15,16). The lowest BCUT2D eigenvalue weighted by Gasteiger charge is -2.10. The number of amides is 1. The lowest BCUT2D eigenvalue weighted by atomic mass is 10.1. The Morgan fingerprint density at radius 3 is 2.33 bits per heavy atom. The molecule has 0 spiro atoms. The zero-order chi connectivity index (χ0) is 13.3. The van der Waals surface area contributed by atoms with E-state index in [-0.39, 0.29) is 22.7 Å². The monoisotopic (exact) mass is 276 g/mol. The minimum absolute atomic E-state index is 0.0330. The molecule has 0 radical (unpaired) electrons. The maximum Gasteiger partial charge on any atom is 0.446 e. The average molecular weight is 276 g/mol. The molecular weight excluding hydrogens is 269 g/mol. The number of hydrogen-bond acceptors (Lipinski definition) is 4. The number of aliphatic imine (C=N–C) groups is 1. The van der Waals surface area contributed by atoms with Crippen molar-refractivity contribution in [2.75, 3.05) is 0 Å². The molecule has 1 aliphatic rings. The van der Waals surface area contributed by atoms with Crippen LogP contribution in [-0.2, 0) is 9.53 Å². The van der Waals surface area contributed by atoms with Crippen LogP contribution in [0, 0.1) is 0 Å². The first-order chi connectivity index (χ1) is 8.35. The van der Waals surface area contributed by atoms with Crippen LogP contribution < -0.4 is 5.73 Å². The van der Waals surface area contributed by atoms with Gasteiger partial charge in [-0.1, -0.05) is 12.1 Å². The second-order valence-electron chi connectivity index (χ2n) is 3.40. The number of carbonyl (C=O) groups is 1. The molecule has 8 heteroatoms. The fourth-order valence-electron chi connectivity index (χ4n) is 1.42. The van der Waals surface area contributed by atoms with Crippen molar-refractivity contribution in [2.45, 2.75) is 16.5 Å². The third-order valence-electron chi connectivity index (χ3n) is 2.10. The highest BCUT2D eigenvalue weighted by atomic mass is 32.2. The zero-order valence-electron chi connectivity index (χ0n) is 8.77. The molecule has 1 amide bonds. The first kappa shape index (κ1) is 12.7. The molecule has 18 heavy (non-hydrogen) atoms. The summed E-state index contributed by atoms with van der Waals surface area (Å²) in [5.74, 6) is -0.566.